The molecule has 2 rings (SSSR count). The van der Waals surface area contributed by atoms with Crippen LogP contribution < -0.4 is 5.32 Å². The Morgan fingerprint density at radius 3 is 2.48 bits per heavy atom. The van der Waals surface area contributed by atoms with Gasteiger partial charge < -0.3 is 5.32 Å². The number of amides is 1. The highest BCUT2D eigenvalue weighted by atomic mass is 16.1. The van der Waals surface area contributed by atoms with E-state index in [0.717, 1.165) is 22.4 Å². The third-order valence-electron chi connectivity index (χ3n) is 3.33. The van der Waals surface area contributed by atoms with Crippen LogP contribution in [0.25, 0.3) is 6.08 Å². The molecule has 0 unspecified atom stereocenters. The zero-order chi connectivity index (χ0) is 15.2. The van der Waals surface area contributed by atoms with Gasteiger partial charge in [-0.2, -0.15) is 5.26 Å². The minimum Gasteiger partial charge on any atom is -0.321 e. The lowest BCUT2D eigenvalue weighted by Gasteiger charge is -2.09. The summed E-state index contributed by atoms with van der Waals surface area (Å²) in [5, 5.41) is 12.0. The molecule has 0 aliphatic rings. The van der Waals surface area contributed by atoms with Crippen molar-refractivity contribution in [2.24, 2.45) is 0 Å². The molecular formula is C18H16N2O. The summed E-state index contributed by atoms with van der Waals surface area (Å²) in [4.78, 5) is 12.2. The summed E-state index contributed by atoms with van der Waals surface area (Å²) in [6, 6.07) is 17.0. The number of benzene rings is 2. The summed E-state index contributed by atoms with van der Waals surface area (Å²) in [6.07, 6.45) is 1.58. The number of nitrogens with zero attached hydrogens (tertiary/aromatic N) is 1. The lowest BCUT2D eigenvalue weighted by Crippen LogP contribution is -2.14. The fourth-order valence-corrected chi connectivity index (χ4v) is 1.94. The van der Waals surface area contributed by atoms with Crippen LogP contribution >= 0.6 is 0 Å². The van der Waals surface area contributed by atoms with Crippen LogP contribution in [0, 0.1) is 25.2 Å². The Morgan fingerprint density at radius 1 is 1.10 bits per heavy atom. The van der Waals surface area contributed by atoms with Crippen LogP contribution in [0.3, 0.4) is 0 Å². The number of carbonyl (C=O) groups excluding carboxylic acids is 1. The van der Waals surface area contributed by atoms with Gasteiger partial charge in [-0.25, -0.2) is 0 Å². The van der Waals surface area contributed by atoms with Crippen molar-refractivity contribution in [3.05, 3.63) is 70.8 Å². The van der Waals surface area contributed by atoms with Gasteiger partial charge >= 0.3 is 0 Å². The Kier molecular flexibility index (Phi) is 4.53. The lowest BCUT2D eigenvalue weighted by atomic mass is 10.1. The number of carbonyl (C=O) groups is 1. The number of rotatable bonds is 3. The first-order valence-corrected chi connectivity index (χ1v) is 6.66. The zero-order valence-electron chi connectivity index (χ0n) is 12.1. The maximum Gasteiger partial charge on any atom is 0.266 e. The molecule has 0 aromatic heterocycles. The maximum atomic E-state index is 12.2. The molecule has 0 fully saturated rings. The number of hydrogen-bond acceptors (Lipinski definition) is 2. The molecule has 0 heterocycles. The maximum absolute atomic E-state index is 12.2. The largest absolute Gasteiger partial charge is 0.321 e. The van der Waals surface area contributed by atoms with E-state index in [1.54, 1.807) is 6.08 Å². The molecule has 21 heavy (non-hydrogen) atoms. The van der Waals surface area contributed by atoms with Gasteiger partial charge in [-0.3, -0.25) is 4.79 Å². The van der Waals surface area contributed by atoms with E-state index in [0.29, 0.717) is 0 Å². The fourth-order valence-electron chi connectivity index (χ4n) is 1.94. The van der Waals surface area contributed by atoms with Crippen LogP contribution in [0.1, 0.15) is 16.7 Å². The van der Waals surface area contributed by atoms with E-state index < -0.39 is 5.91 Å². The van der Waals surface area contributed by atoms with Crippen LogP contribution in [-0.2, 0) is 4.79 Å². The quantitative estimate of drug-likeness (QED) is 0.684. The average molecular weight is 276 g/mol. The van der Waals surface area contributed by atoms with Crippen molar-refractivity contribution in [2.45, 2.75) is 13.8 Å². The molecule has 0 radical (unpaired) electrons. The van der Waals surface area contributed by atoms with Crippen LogP contribution in [0.15, 0.2) is 54.1 Å². The van der Waals surface area contributed by atoms with E-state index in [4.69, 9.17) is 0 Å². The summed E-state index contributed by atoms with van der Waals surface area (Å²) in [7, 11) is 0. The number of anilines is 1. The van der Waals surface area contributed by atoms with Crippen LogP contribution in [0.2, 0.25) is 0 Å². The van der Waals surface area contributed by atoms with Crippen molar-refractivity contribution in [1.82, 2.24) is 0 Å². The van der Waals surface area contributed by atoms with E-state index in [9.17, 15) is 10.1 Å². The molecule has 0 aliphatic heterocycles. The summed E-state index contributed by atoms with van der Waals surface area (Å²) in [6.45, 7) is 3.92. The fraction of sp³-hybridized carbons (Fsp3) is 0.111. The van der Waals surface area contributed by atoms with Crippen LogP contribution in [0.4, 0.5) is 5.69 Å². The number of aryl methyl sites for hydroxylation is 1. The van der Waals surface area contributed by atoms with Crippen molar-refractivity contribution in [2.75, 3.05) is 5.32 Å². The number of hydrogen-bond donors (Lipinski definition) is 1. The Hall–Kier alpha value is -2.86. The van der Waals surface area contributed by atoms with Gasteiger partial charge in [0.05, 0.1) is 0 Å². The van der Waals surface area contributed by atoms with Gasteiger partial charge in [-0.1, -0.05) is 42.5 Å². The molecule has 2 aromatic carbocycles. The minimum absolute atomic E-state index is 0.0853. The molecule has 3 nitrogen and oxygen atoms in total. The first-order valence-electron chi connectivity index (χ1n) is 6.66. The average Bonchev–Trinajstić information content (AvgIpc) is 2.50. The molecule has 0 atom stereocenters. The molecule has 0 saturated heterocycles. The molecule has 0 spiro atoms. The summed E-state index contributed by atoms with van der Waals surface area (Å²) < 4.78 is 0. The molecule has 0 bridgehead atoms. The van der Waals surface area contributed by atoms with Gasteiger partial charge in [0.2, 0.25) is 0 Å². The van der Waals surface area contributed by atoms with Crippen LogP contribution in [-0.4, -0.2) is 5.91 Å². The van der Waals surface area contributed by atoms with E-state index >= 15 is 0 Å². The Morgan fingerprint density at radius 2 is 1.81 bits per heavy atom. The van der Waals surface area contributed by atoms with E-state index in [-0.39, 0.29) is 5.57 Å². The highest BCUT2D eigenvalue weighted by Crippen LogP contribution is 2.19. The van der Waals surface area contributed by atoms with Crippen molar-refractivity contribution < 1.29 is 4.79 Å². The van der Waals surface area contributed by atoms with Gasteiger partial charge in [0, 0.05) is 5.69 Å². The third kappa shape index (κ3) is 3.58. The molecule has 0 saturated carbocycles. The molecular weight excluding hydrogens is 260 g/mol. The first kappa shape index (κ1) is 14.5. The van der Waals surface area contributed by atoms with Gasteiger partial charge in [0.1, 0.15) is 11.6 Å². The van der Waals surface area contributed by atoms with Gasteiger partial charge in [0.15, 0.2) is 0 Å². The molecule has 0 aliphatic carbocycles. The Labute approximate surface area is 124 Å². The normalized spacial score (nSPS) is 10.8. The molecule has 1 N–H and O–H groups in total. The summed E-state index contributed by atoms with van der Waals surface area (Å²) in [5.74, 6) is -0.393. The Balaban J connectivity index is 2.24. The highest BCUT2D eigenvalue weighted by Gasteiger charge is 2.11. The standard InChI is InChI=1S/C18H16N2O/c1-13-7-6-10-17(14(13)2)20-18(21)16(12-19)11-15-8-4-3-5-9-15/h3-11H,1-2H3,(H,20,21)/b16-11-. The number of nitrogens with one attached hydrogen (secondary N) is 1. The second-order valence-corrected chi connectivity index (χ2v) is 4.78. The second kappa shape index (κ2) is 6.53. The van der Waals surface area contributed by atoms with Gasteiger partial charge in [0.25, 0.3) is 5.91 Å². The molecule has 3 heteroatoms. The summed E-state index contributed by atoms with van der Waals surface area (Å²) >= 11 is 0. The summed E-state index contributed by atoms with van der Waals surface area (Å²) in [5.41, 5.74) is 3.74. The first-order chi connectivity index (χ1) is 10.1. The SMILES string of the molecule is Cc1cccc(NC(=O)/C(C#N)=C\c2ccccc2)c1C. The van der Waals surface area contributed by atoms with Crippen molar-refractivity contribution in [3.63, 3.8) is 0 Å². The molecule has 104 valence electrons. The second-order valence-electron chi connectivity index (χ2n) is 4.78. The van der Waals surface area contributed by atoms with E-state index in [1.807, 2.05) is 68.4 Å². The Bertz CT molecular complexity index is 725. The van der Waals surface area contributed by atoms with Crippen molar-refractivity contribution in [3.8, 4) is 6.07 Å². The number of nitriles is 1. The van der Waals surface area contributed by atoms with E-state index in [2.05, 4.69) is 5.32 Å². The van der Waals surface area contributed by atoms with Gasteiger partial charge in [-0.15, -0.1) is 0 Å². The molecule has 1 amide bonds. The van der Waals surface area contributed by atoms with E-state index in [1.165, 1.54) is 0 Å². The molecule has 2 aromatic rings. The highest BCUT2D eigenvalue weighted by molar-refractivity contribution is 6.10. The topological polar surface area (TPSA) is 52.9 Å². The van der Waals surface area contributed by atoms with Gasteiger partial charge in [-0.05, 0) is 42.7 Å². The predicted octanol–water partition coefficient (Wildman–Crippen LogP) is 3.85. The monoisotopic (exact) mass is 276 g/mol. The van der Waals surface area contributed by atoms with Crippen LogP contribution in [0.5, 0.6) is 0 Å². The minimum atomic E-state index is -0.393. The van der Waals surface area contributed by atoms with Crippen molar-refractivity contribution >= 4 is 17.7 Å². The lowest BCUT2D eigenvalue weighted by molar-refractivity contribution is -0.112. The zero-order valence-corrected chi connectivity index (χ0v) is 12.1. The van der Waals surface area contributed by atoms with Crippen molar-refractivity contribution in [1.29, 1.82) is 5.26 Å². The smallest absolute Gasteiger partial charge is 0.266 e. The third-order valence-corrected chi connectivity index (χ3v) is 3.33. The predicted molar refractivity (Wildman–Crippen MR) is 84.6 cm³/mol.